The van der Waals surface area contributed by atoms with Gasteiger partial charge in [0.25, 0.3) is 0 Å². The number of aromatic nitrogens is 2. The Morgan fingerprint density at radius 1 is 1.50 bits per heavy atom. The summed E-state index contributed by atoms with van der Waals surface area (Å²) in [6, 6.07) is 1.85. The molecule has 0 spiro atoms. The molecule has 0 bridgehead atoms. The van der Waals surface area contributed by atoms with Crippen molar-refractivity contribution < 1.29 is 0 Å². The van der Waals surface area contributed by atoms with E-state index in [2.05, 4.69) is 23.8 Å². The summed E-state index contributed by atoms with van der Waals surface area (Å²) in [7, 11) is 0. The topological polar surface area (TPSA) is 51.8 Å². The second kappa shape index (κ2) is 3.52. The van der Waals surface area contributed by atoms with Gasteiger partial charge >= 0.3 is 0 Å². The predicted octanol–water partition coefficient (Wildman–Crippen LogP) is 1.88. The van der Waals surface area contributed by atoms with Crippen molar-refractivity contribution in [3.05, 3.63) is 17.6 Å². The van der Waals surface area contributed by atoms with Gasteiger partial charge in [-0.05, 0) is 19.3 Å². The fourth-order valence-corrected chi connectivity index (χ4v) is 1.08. The molecule has 0 aliphatic rings. The smallest absolute Gasteiger partial charge is 0.127 e. The first-order chi connectivity index (χ1) is 5.63. The van der Waals surface area contributed by atoms with Gasteiger partial charge < -0.3 is 5.73 Å². The average Bonchev–Trinajstić information content (AvgIpc) is 2.01. The summed E-state index contributed by atoms with van der Waals surface area (Å²) in [6.45, 7) is 6.14. The van der Waals surface area contributed by atoms with Crippen LogP contribution in [0.15, 0.2) is 6.07 Å². The zero-order chi connectivity index (χ0) is 9.14. The number of hydrogen-bond acceptors (Lipinski definition) is 3. The Balaban J connectivity index is 3.00. The molecule has 0 saturated carbocycles. The van der Waals surface area contributed by atoms with E-state index in [1.807, 2.05) is 13.0 Å². The lowest BCUT2D eigenvalue weighted by Gasteiger charge is -2.08. The molecule has 0 aliphatic heterocycles. The first-order valence-corrected chi connectivity index (χ1v) is 4.24. The Hall–Kier alpha value is -1.12. The summed E-state index contributed by atoms with van der Waals surface area (Å²) in [6.07, 6.45) is 1.08. The Bertz CT molecular complexity index is 250. The number of aryl methyl sites for hydroxylation is 1. The van der Waals surface area contributed by atoms with Crippen LogP contribution in [-0.4, -0.2) is 9.97 Å². The second-order valence-electron chi connectivity index (χ2n) is 3.07. The quantitative estimate of drug-likeness (QED) is 0.728. The number of nitrogens with two attached hydrogens (primary N) is 1. The highest BCUT2D eigenvalue weighted by Crippen LogP contribution is 2.17. The highest BCUT2D eigenvalue weighted by Gasteiger charge is 2.05. The molecule has 1 aromatic rings. The van der Waals surface area contributed by atoms with E-state index < -0.39 is 0 Å². The molecule has 0 aliphatic carbocycles. The van der Waals surface area contributed by atoms with Crippen molar-refractivity contribution in [1.82, 2.24) is 9.97 Å². The lowest BCUT2D eigenvalue weighted by Crippen LogP contribution is -2.02. The van der Waals surface area contributed by atoms with Gasteiger partial charge in [0.15, 0.2) is 0 Å². The molecule has 0 radical (unpaired) electrons. The molecule has 66 valence electrons. The van der Waals surface area contributed by atoms with Crippen LogP contribution in [0.5, 0.6) is 0 Å². The summed E-state index contributed by atoms with van der Waals surface area (Å²) < 4.78 is 0. The maximum Gasteiger partial charge on any atom is 0.127 e. The molecule has 1 rings (SSSR count). The fraction of sp³-hybridized carbons (Fsp3) is 0.556. The van der Waals surface area contributed by atoms with Crippen LogP contribution in [0.25, 0.3) is 0 Å². The predicted molar refractivity (Wildman–Crippen MR) is 49.9 cm³/mol. The number of hydrogen-bond donors (Lipinski definition) is 1. The summed E-state index contributed by atoms with van der Waals surface area (Å²) in [5.41, 5.74) is 6.64. The lowest BCUT2D eigenvalue weighted by molar-refractivity contribution is 0.700. The van der Waals surface area contributed by atoms with E-state index in [0.29, 0.717) is 11.7 Å². The lowest BCUT2D eigenvalue weighted by atomic mass is 10.1. The van der Waals surface area contributed by atoms with Crippen LogP contribution >= 0.6 is 0 Å². The van der Waals surface area contributed by atoms with E-state index in [1.165, 1.54) is 0 Å². The standard InChI is InChI=1S/C9H15N3/c1-4-6(2)8-5-9(10)12-7(3)11-8/h5-6H,4H2,1-3H3,(H2,10,11,12)/t6-/m0/s1. The van der Waals surface area contributed by atoms with Gasteiger partial charge in [-0.1, -0.05) is 13.8 Å². The van der Waals surface area contributed by atoms with Gasteiger partial charge in [0.05, 0.1) is 0 Å². The monoisotopic (exact) mass is 165 g/mol. The molecule has 0 saturated heterocycles. The molecule has 1 atom stereocenters. The molecule has 3 heteroatoms. The van der Waals surface area contributed by atoms with Gasteiger partial charge in [-0.15, -0.1) is 0 Å². The van der Waals surface area contributed by atoms with Crippen molar-refractivity contribution in [2.75, 3.05) is 5.73 Å². The second-order valence-corrected chi connectivity index (χ2v) is 3.07. The molecule has 0 aromatic carbocycles. The van der Waals surface area contributed by atoms with E-state index in [4.69, 9.17) is 5.73 Å². The van der Waals surface area contributed by atoms with Crippen molar-refractivity contribution >= 4 is 5.82 Å². The first-order valence-electron chi connectivity index (χ1n) is 4.24. The fourth-order valence-electron chi connectivity index (χ4n) is 1.08. The van der Waals surface area contributed by atoms with Crippen LogP contribution in [-0.2, 0) is 0 Å². The van der Waals surface area contributed by atoms with Crippen LogP contribution in [0.1, 0.15) is 37.7 Å². The zero-order valence-corrected chi connectivity index (χ0v) is 7.83. The minimum atomic E-state index is 0.467. The molecule has 1 heterocycles. The van der Waals surface area contributed by atoms with Gasteiger partial charge in [0.2, 0.25) is 0 Å². The van der Waals surface area contributed by atoms with E-state index >= 15 is 0 Å². The molecular weight excluding hydrogens is 150 g/mol. The summed E-state index contributed by atoms with van der Waals surface area (Å²) in [5.74, 6) is 1.79. The maximum absolute atomic E-state index is 5.60. The Kier molecular flexibility index (Phi) is 2.63. The summed E-state index contributed by atoms with van der Waals surface area (Å²) in [4.78, 5) is 8.33. The summed E-state index contributed by atoms with van der Waals surface area (Å²) in [5, 5.41) is 0. The van der Waals surface area contributed by atoms with Crippen LogP contribution in [0.3, 0.4) is 0 Å². The highest BCUT2D eigenvalue weighted by molar-refractivity contribution is 5.30. The molecule has 0 fully saturated rings. The molecule has 0 unspecified atom stereocenters. The zero-order valence-electron chi connectivity index (χ0n) is 7.83. The van der Waals surface area contributed by atoms with Gasteiger partial charge in [-0.25, -0.2) is 9.97 Å². The SMILES string of the molecule is CC[C@H](C)c1cc(N)nc(C)n1. The Morgan fingerprint density at radius 2 is 2.17 bits per heavy atom. The largest absolute Gasteiger partial charge is 0.384 e. The third-order valence-corrected chi connectivity index (χ3v) is 1.99. The minimum absolute atomic E-state index is 0.467. The molecule has 12 heavy (non-hydrogen) atoms. The highest BCUT2D eigenvalue weighted by atomic mass is 14.9. The Morgan fingerprint density at radius 3 is 2.67 bits per heavy atom. The maximum atomic E-state index is 5.60. The van der Waals surface area contributed by atoms with Gasteiger partial charge in [-0.3, -0.25) is 0 Å². The third kappa shape index (κ3) is 1.94. The first kappa shape index (κ1) is 8.97. The Labute approximate surface area is 73.0 Å². The van der Waals surface area contributed by atoms with Crippen molar-refractivity contribution in [3.8, 4) is 0 Å². The van der Waals surface area contributed by atoms with Crippen LogP contribution in [0, 0.1) is 6.92 Å². The normalized spacial score (nSPS) is 12.9. The van der Waals surface area contributed by atoms with Crippen molar-refractivity contribution in [3.63, 3.8) is 0 Å². The van der Waals surface area contributed by atoms with E-state index in [-0.39, 0.29) is 0 Å². The van der Waals surface area contributed by atoms with Crippen molar-refractivity contribution in [1.29, 1.82) is 0 Å². The molecule has 3 nitrogen and oxygen atoms in total. The van der Waals surface area contributed by atoms with Crippen LogP contribution in [0.4, 0.5) is 5.82 Å². The van der Waals surface area contributed by atoms with Gasteiger partial charge in [-0.2, -0.15) is 0 Å². The van der Waals surface area contributed by atoms with E-state index in [0.717, 1.165) is 17.9 Å². The third-order valence-electron chi connectivity index (χ3n) is 1.99. The van der Waals surface area contributed by atoms with Crippen LogP contribution < -0.4 is 5.73 Å². The van der Waals surface area contributed by atoms with Gasteiger partial charge in [0.1, 0.15) is 11.6 Å². The molecule has 2 N–H and O–H groups in total. The van der Waals surface area contributed by atoms with Gasteiger partial charge in [0, 0.05) is 11.8 Å². The summed E-state index contributed by atoms with van der Waals surface area (Å²) >= 11 is 0. The molecule has 0 amide bonds. The van der Waals surface area contributed by atoms with E-state index in [9.17, 15) is 0 Å². The van der Waals surface area contributed by atoms with Crippen molar-refractivity contribution in [2.24, 2.45) is 0 Å². The number of nitrogens with zero attached hydrogens (tertiary/aromatic N) is 2. The molecule has 1 aromatic heterocycles. The van der Waals surface area contributed by atoms with Crippen LogP contribution in [0.2, 0.25) is 0 Å². The average molecular weight is 165 g/mol. The van der Waals surface area contributed by atoms with E-state index in [1.54, 1.807) is 0 Å². The number of nitrogen functional groups attached to an aromatic ring is 1. The molecular formula is C9H15N3. The number of anilines is 1. The van der Waals surface area contributed by atoms with Crippen molar-refractivity contribution in [2.45, 2.75) is 33.1 Å². The minimum Gasteiger partial charge on any atom is -0.384 e. The number of rotatable bonds is 2.